The standard InChI is InChI=1S/C11H14F3N3O2S/c1-7-6-20-8(15-7)16-9(18)17-4-2-10(19,3-5-17)11(12,13)14/h6,19H,2-5H2,1H3,(H,15,16,18). The van der Waals surface area contributed by atoms with E-state index < -0.39 is 30.7 Å². The van der Waals surface area contributed by atoms with Gasteiger partial charge < -0.3 is 10.0 Å². The van der Waals surface area contributed by atoms with Crippen molar-refractivity contribution >= 4 is 22.5 Å². The Morgan fingerprint density at radius 3 is 2.55 bits per heavy atom. The highest BCUT2D eigenvalue weighted by atomic mass is 32.1. The number of alkyl halides is 3. The minimum Gasteiger partial charge on any atom is -0.380 e. The predicted molar refractivity (Wildman–Crippen MR) is 67.7 cm³/mol. The molecule has 1 aromatic heterocycles. The molecule has 0 unspecified atom stereocenters. The van der Waals surface area contributed by atoms with Crippen LogP contribution in [-0.2, 0) is 0 Å². The Labute approximate surface area is 117 Å². The van der Waals surface area contributed by atoms with E-state index in [2.05, 4.69) is 10.3 Å². The molecule has 0 saturated carbocycles. The van der Waals surface area contributed by atoms with E-state index in [-0.39, 0.29) is 13.1 Å². The van der Waals surface area contributed by atoms with Crippen molar-refractivity contribution in [2.24, 2.45) is 0 Å². The number of nitrogens with zero attached hydrogens (tertiary/aromatic N) is 2. The summed E-state index contributed by atoms with van der Waals surface area (Å²) in [7, 11) is 0. The molecule has 1 aliphatic heterocycles. The van der Waals surface area contributed by atoms with E-state index >= 15 is 0 Å². The van der Waals surface area contributed by atoms with Crippen molar-refractivity contribution in [1.82, 2.24) is 9.88 Å². The maximum Gasteiger partial charge on any atom is 0.417 e. The van der Waals surface area contributed by atoms with Gasteiger partial charge in [-0.1, -0.05) is 0 Å². The van der Waals surface area contributed by atoms with Gasteiger partial charge in [0.1, 0.15) is 0 Å². The molecule has 0 spiro atoms. The van der Waals surface area contributed by atoms with Crippen molar-refractivity contribution in [1.29, 1.82) is 0 Å². The quantitative estimate of drug-likeness (QED) is 0.837. The molecule has 0 aromatic carbocycles. The molecule has 1 aromatic rings. The number of carbonyl (C=O) groups is 1. The number of urea groups is 1. The normalized spacial score (nSPS) is 18.9. The summed E-state index contributed by atoms with van der Waals surface area (Å²) >= 11 is 1.25. The fourth-order valence-electron chi connectivity index (χ4n) is 1.95. The van der Waals surface area contributed by atoms with Crippen molar-refractivity contribution < 1.29 is 23.1 Å². The van der Waals surface area contributed by atoms with Gasteiger partial charge in [0.15, 0.2) is 10.7 Å². The van der Waals surface area contributed by atoms with Crippen LogP contribution in [0.5, 0.6) is 0 Å². The molecular weight excluding hydrogens is 295 g/mol. The molecule has 5 nitrogen and oxygen atoms in total. The topological polar surface area (TPSA) is 65.5 Å². The third-order valence-corrected chi connectivity index (χ3v) is 4.11. The van der Waals surface area contributed by atoms with E-state index in [1.165, 1.54) is 16.2 Å². The van der Waals surface area contributed by atoms with Crippen molar-refractivity contribution in [3.05, 3.63) is 11.1 Å². The van der Waals surface area contributed by atoms with E-state index in [0.717, 1.165) is 5.69 Å². The summed E-state index contributed by atoms with van der Waals surface area (Å²) in [5, 5.41) is 14.2. The number of rotatable bonds is 1. The first-order valence-electron chi connectivity index (χ1n) is 5.98. The second-order valence-electron chi connectivity index (χ2n) is 4.74. The number of hydrogen-bond donors (Lipinski definition) is 2. The molecule has 1 aliphatic rings. The number of piperidine rings is 1. The molecule has 0 radical (unpaired) electrons. The van der Waals surface area contributed by atoms with E-state index in [0.29, 0.717) is 5.13 Å². The molecule has 0 aliphatic carbocycles. The van der Waals surface area contributed by atoms with Crippen LogP contribution in [-0.4, -0.2) is 45.9 Å². The van der Waals surface area contributed by atoms with Crippen molar-refractivity contribution in [3.8, 4) is 0 Å². The number of aromatic nitrogens is 1. The fourth-order valence-corrected chi connectivity index (χ4v) is 2.62. The number of amides is 2. The molecule has 20 heavy (non-hydrogen) atoms. The van der Waals surface area contributed by atoms with Crippen molar-refractivity contribution in [2.75, 3.05) is 18.4 Å². The summed E-state index contributed by atoms with van der Waals surface area (Å²) in [6.07, 6.45) is -5.69. The second kappa shape index (κ2) is 5.21. The predicted octanol–water partition coefficient (Wildman–Crippen LogP) is 2.37. The van der Waals surface area contributed by atoms with Crippen LogP contribution in [0.1, 0.15) is 18.5 Å². The number of aryl methyl sites for hydroxylation is 1. The summed E-state index contributed by atoms with van der Waals surface area (Å²) in [4.78, 5) is 17.1. The smallest absolute Gasteiger partial charge is 0.380 e. The Morgan fingerprint density at radius 1 is 1.50 bits per heavy atom. The van der Waals surface area contributed by atoms with Gasteiger partial charge in [-0.3, -0.25) is 5.32 Å². The Kier molecular flexibility index (Phi) is 3.92. The summed E-state index contributed by atoms with van der Waals surface area (Å²) in [6, 6.07) is -0.497. The van der Waals surface area contributed by atoms with E-state index in [1.54, 1.807) is 12.3 Å². The highest BCUT2D eigenvalue weighted by molar-refractivity contribution is 7.13. The molecule has 0 atom stereocenters. The number of likely N-dealkylation sites (tertiary alicyclic amines) is 1. The van der Waals surface area contributed by atoms with Gasteiger partial charge in [0.2, 0.25) is 0 Å². The van der Waals surface area contributed by atoms with Gasteiger partial charge in [-0.05, 0) is 6.92 Å². The Bertz CT molecular complexity index is 495. The largest absolute Gasteiger partial charge is 0.417 e. The lowest BCUT2D eigenvalue weighted by Gasteiger charge is -2.38. The number of carbonyl (C=O) groups excluding carboxylic acids is 1. The van der Waals surface area contributed by atoms with Crippen molar-refractivity contribution in [2.45, 2.75) is 31.5 Å². The first-order valence-corrected chi connectivity index (χ1v) is 6.86. The third-order valence-electron chi connectivity index (χ3n) is 3.24. The van der Waals surface area contributed by atoms with Crippen LogP contribution < -0.4 is 5.32 Å². The van der Waals surface area contributed by atoms with Gasteiger partial charge >= 0.3 is 12.2 Å². The van der Waals surface area contributed by atoms with E-state index in [4.69, 9.17) is 0 Å². The van der Waals surface area contributed by atoms with Gasteiger partial charge in [-0.2, -0.15) is 13.2 Å². The van der Waals surface area contributed by atoms with Gasteiger partial charge in [-0.15, -0.1) is 11.3 Å². The maximum absolute atomic E-state index is 12.6. The Hall–Kier alpha value is -1.35. The van der Waals surface area contributed by atoms with Gasteiger partial charge in [0.05, 0.1) is 5.69 Å². The van der Waals surface area contributed by atoms with Gasteiger partial charge in [0, 0.05) is 31.3 Å². The SMILES string of the molecule is Cc1csc(NC(=O)N2CCC(O)(C(F)(F)F)CC2)n1. The molecule has 2 amide bonds. The zero-order chi connectivity index (χ0) is 15.0. The van der Waals surface area contributed by atoms with Crippen LogP contribution >= 0.6 is 11.3 Å². The summed E-state index contributed by atoms with van der Waals surface area (Å²) in [5.74, 6) is 0. The zero-order valence-electron chi connectivity index (χ0n) is 10.7. The fraction of sp³-hybridized carbons (Fsp3) is 0.636. The van der Waals surface area contributed by atoms with Crippen LogP contribution in [0.15, 0.2) is 5.38 Å². The minimum atomic E-state index is -4.66. The molecule has 1 fully saturated rings. The Morgan fingerprint density at radius 2 is 2.10 bits per heavy atom. The molecule has 0 bridgehead atoms. The molecule has 9 heteroatoms. The minimum absolute atomic E-state index is 0.147. The number of anilines is 1. The number of thiazole rings is 1. The summed E-state index contributed by atoms with van der Waals surface area (Å²) in [5.41, 5.74) is -1.93. The highest BCUT2D eigenvalue weighted by Gasteiger charge is 2.54. The lowest BCUT2D eigenvalue weighted by Crippen LogP contribution is -2.55. The lowest BCUT2D eigenvalue weighted by molar-refractivity contribution is -0.271. The van der Waals surface area contributed by atoms with Crippen LogP contribution in [0.2, 0.25) is 0 Å². The first-order chi connectivity index (χ1) is 9.21. The van der Waals surface area contributed by atoms with Gasteiger partial charge in [-0.25, -0.2) is 9.78 Å². The number of nitrogens with one attached hydrogen (secondary N) is 1. The maximum atomic E-state index is 12.6. The van der Waals surface area contributed by atoms with Crippen LogP contribution in [0, 0.1) is 6.92 Å². The van der Waals surface area contributed by atoms with E-state index in [9.17, 15) is 23.1 Å². The van der Waals surface area contributed by atoms with Gasteiger partial charge in [0.25, 0.3) is 0 Å². The molecule has 112 valence electrons. The monoisotopic (exact) mass is 309 g/mol. The average Bonchev–Trinajstić information content (AvgIpc) is 2.74. The molecule has 2 rings (SSSR count). The number of aliphatic hydroxyl groups is 1. The van der Waals surface area contributed by atoms with E-state index in [1.807, 2.05) is 0 Å². The van der Waals surface area contributed by atoms with Crippen molar-refractivity contribution in [3.63, 3.8) is 0 Å². The Balaban J connectivity index is 1.92. The third kappa shape index (κ3) is 3.04. The zero-order valence-corrected chi connectivity index (χ0v) is 11.5. The average molecular weight is 309 g/mol. The molecule has 2 heterocycles. The number of halogens is 3. The van der Waals surface area contributed by atoms with Crippen LogP contribution in [0.3, 0.4) is 0 Å². The highest BCUT2D eigenvalue weighted by Crippen LogP contribution is 2.38. The molecular formula is C11H14F3N3O2S. The summed E-state index contributed by atoms with van der Waals surface area (Å²) < 4.78 is 37.9. The molecule has 1 saturated heterocycles. The van der Waals surface area contributed by atoms with Crippen LogP contribution in [0.4, 0.5) is 23.1 Å². The number of hydrogen-bond acceptors (Lipinski definition) is 4. The lowest BCUT2D eigenvalue weighted by atomic mass is 9.91. The summed E-state index contributed by atoms with van der Waals surface area (Å²) in [6.45, 7) is 1.48. The van der Waals surface area contributed by atoms with Crippen LogP contribution in [0.25, 0.3) is 0 Å². The molecule has 2 N–H and O–H groups in total. The first kappa shape index (κ1) is 15.0. The second-order valence-corrected chi connectivity index (χ2v) is 5.60.